The molecule has 0 spiro atoms. The summed E-state index contributed by atoms with van der Waals surface area (Å²) < 4.78 is 45.6. The molecule has 0 saturated heterocycles. The molecule has 1 atom stereocenters. The Labute approximate surface area is 148 Å². The van der Waals surface area contributed by atoms with Crippen molar-refractivity contribution in [1.82, 2.24) is 0 Å². The lowest BCUT2D eigenvalue weighted by Gasteiger charge is -2.20. The molecule has 1 aliphatic rings. The highest BCUT2D eigenvalue weighted by molar-refractivity contribution is 7.92. The van der Waals surface area contributed by atoms with Crippen LogP contribution >= 0.6 is 0 Å². The van der Waals surface area contributed by atoms with Gasteiger partial charge >= 0.3 is 11.9 Å². The molecule has 0 fully saturated rings. The lowest BCUT2D eigenvalue weighted by molar-refractivity contribution is -0.138. The molecule has 0 aliphatic carbocycles. The fourth-order valence-electron chi connectivity index (χ4n) is 2.88. The molecule has 0 amide bonds. The van der Waals surface area contributed by atoms with E-state index in [1.54, 1.807) is 12.1 Å². The molecule has 2 aromatic carbocycles. The Bertz CT molecular complexity index is 1000. The number of hydrogen-bond acceptors (Lipinski definition) is 5. The normalized spacial score (nSPS) is 16.2. The number of benzene rings is 2. The van der Waals surface area contributed by atoms with Crippen LogP contribution in [0.1, 0.15) is 21.8 Å². The van der Waals surface area contributed by atoms with Gasteiger partial charge in [0, 0.05) is 0 Å². The van der Waals surface area contributed by atoms with Crippen LogP contribution in [0.5, 0.6) is 0 Å². The minimum Gasteiger partial charge on any atom is -0.481 e. The Morgan fingerprint density at radius 1 is 1.23 bits per heavy atom. The average molecular weight is 379 g/mol. The van der Waals surface area contributed by atoms with E-state index in [-0.39, 0.29) is 17.8 Å². The number of sulfonamides is 1. The molecule has 0 bridgehead atoms. The number of ether oxygens (including phenoxy) is 1. The summed E-state index contributed by atoms with van der Waals surface area (Å²) in [5, 5.41) is 9.36. The molecule has 0 saturated carbocycles. The lowest BCUT2D eigenvalue weighted by Crippen LogP contribution is -2.32. The molecule has 0 aromatic heterocycles. The molecule has 136 valence electrons. The number of hydrogen-bond donors (Lipinski definition) is 1. The number of anilines is 1. The van der Waals surface area contributed by atoms with Crippen LogP contribution in [-0.4, -0.2) is 39.1 Å². The van der Waals surface area contributed by atoms with Crippen molar-refractivity contribution in [2.75, 3.05) is 18.0 Å². The summed E-state index contributed by atoms with van der Waals surface area (Å²) in [6.07, 6.45) is 0. The van der Waals surface area contributed by atoms with Crippen LogP contribution in [0.15, 0.2) is 47.4 Å². The molecule has 1 heterocycles. The number of para-hydroxylation sites is 1. The SMILES string of the molecule is COC(=O)c1ccc(F)c(S(=O)(=O)N2CC(C(=O)O)c3ccccc32)c1. The molecule has 26 heavy (non-hydrogen) atoms. The van der Waals surface area contributed by atoms with Crippen LogP contribution in [0, 0.1) is 5.82 Å². The molecule has 1 unspecified atom stereocenters. The third-order valence-electron chi connectivity index (χ3n) is 4.15. The van der Waals surface area contributed by atoms with Crippen molar-refractivity contribution in [3.8, 4) is 0 Å². The number of halogens is 1. The van der Waals surface area contributed by atoms with Gasteiger partial charge in [0.1, 0.15) is 16.6 Å². The van der Waals surface area contributed by atoms with Crippen LogP contribution in [0.25, 0.3) is 0 Å². The van der Waals surface area contributed by atoms with E-state index in [0.717, 1.165) is 29.6 Å². The van der Waals surface area contributed by atoms with Crippen molar-refractivity contribution < 1.29 is 32.2 Å². The standard InChI is InChI=1S/C17H14FNO6S/c1-25-17(22)10-6-7-13(18)15(8-10)26(23,24)19-9-12(16(20)21)11-4-2-3-5-14(11)19/h2-8,12H,9H2,1H3,(H,20,21). The van der Waals surface area contributed by atoms with E-state index in [1.807, 2.05) is 0 Å². The zero-order valence-corrected chi connectivity index (χ0v) is 14.4. The second-order valence-corrected chi connectivity index (χ2v) is 7.45. The van der Waals surface area contributed by atoms with Gasteiger partial charge < -0.3 is 9.84 Å². The molecular weight excluding hydrogens is 365 g/mol. The van der Waals surface area contributed by atoms with E-state index in [4.69, 9.17) is 0 Å². The number of carboxylic acids is 1. The van der Waals surface area contributed by atoms with Crippen molar-refractivity contribution in [3.63, 3.8) is 0 Å². The fraction of sp³-hybridized carbons (Fsp3) is 0.176. The summed E-state index contributed by atoms with van der Waals surface area (Å²) in [5.74, 6) is -4.10. The number of carbonyl (C=O) groups excluding carboxylic acids is 1. The second-order valence-electron chi connectivity index (χ2n) is 5.62. The molecule has 9 heteroatoms. The number of rotatable bonds is 4. The Morgan fingerprint density at radius 3 is 2.58 bits per heavy atom. The van der Waals surface area contributed by atoms with Gasteiger partial charge in [0.15, 0.2) is 0 Å². The Kier molecular flexibility index (Phi) is 4.41. The number of fused-ring (bicyclic) bond motifs is 1. The molecule has 1 aliphatic heterocycles. The summed E-state index contributed by atoms with van der Waals surface area (Å²) in [4.78, 5) is 22.4. The summed E-state index contributed by atoms with van der Waals surface area (Å²) in [6, 6.07) is 8.99. The summed E-state index contributed by atoms with van der Waals surface area (Å²) in [7, 11) is -3.31. The zero-order chi connectivity index (χ0) is 19.1. The van der Waals surface area contributed by atoms with Crippen molar-refractivity contribution in [2.24, 2.45) is 0 Å². The van der Waals surface area contributed by atoms with Gasteiger partial charge in [0.25, 0.3) is 10.0 Å². The summed E-state index contributed by atoms with van der Waals surface area (Å²) in [6.45, 7) is -0.362. The topological polar surface area (TPSA) is 101 Å². The van der Waals surface area contributed by atoms with Crippen molar-refractivity contribution in [3.05, 3.63) is 59.4 Å². The molecule has 3 rings (SSSR count). The van der Waals surface area contributed by atoms with E-state index >= 15 is 0 Å². The van der Waals surface area contributed by atoms with Gasteiger partial charge in [0.05, 0.1) is 24.9 Å². The molecule has 0 radical (unpaired) electrons. The Balaban J connectivity index is 2.13. The van der Waals surface area contributed by atoms with E-state index in [0.29, 0.717) is 5.56 Å². The zero-order valence-electron chi connectivity index (χ0n) is 13.5. The smallest absolute Gasteiger partial charge is 0.337 e. The highest BCUT2D eigenvalue weighted by atomic mass is 32.2. The van der Waals surface area contributed by atoms with Crippen LogP contribution < -0.4 is 4.31 Å². The predicted molar refractivity (Wildman–Crippen MR) is 89.1 cm³/mol. The van der Waals surface area contributed by atoms with Crippen molar-refractivity contribution in [2.45, 2.75) is 10.8 Å². The minimum absolute atomic E-state index is 0.130. The van der Waals surface area contributed by atoms with Gasteiger partial charge in [-0.3, -0.25) is 9.10 Å². The summed E-state index contributed by atoms with van der Waals surface area (Å²) in [5.41, 5.74) is 0.366. The maximum atomic E-state index is 14.2. The Hall–Kier alpha value is -2.94. The van der Waals surface area contributed by atoms with Crippen molar-refractivity contribution >= 4 is 27.6 Å². The minimum atomic E-state index is -4.43. The third kappa shape index (κ3) is 2.80. The second kappa shape index (κ2) is 6.41. The quantitative estimate of drug-likeness (QED) is 0.816. The van der Waals surface area contributed by atoms with E-state index < -0.39 is 38.6 Å². The van der Waals surface area contributed by atoms with Crippen molar-refractivity contribution in [1.29, 1.82) is 0 Å². The number of esters is 1. The van der Waals surface area contributed by atoms with Crippen LogP contribution in [0.3, 0.4) is 0 Å². The van der Waals surface area contributed by atoms with Gasteiger partial charge in [-0.1, -0.05) is 18.2 Å². The maximum absolute atomic E-state index is 14.2. The van der Waals surface area contributed by atoms with Gasteiger partial charge in [-0.15, -0.1) is 0 Å². The lowest BCUT2D eigenvalue weighted by atomic mass is 10.0. The fourth-order valence-corrected chi connectivity index (χ4v) is 4.47. The highest BCUT2D eigenvalue weighted by Gasteiger charge is 2.40. The number of aliphatic carboxylic acids is 1. The van der Waals surface area contributed by atoms with E-state index in [1.165, 1.54) is 12.1 Å². The highest BCUT2D eigenvalue weighted by Crippen LogP contribution is 2.40. The number of methoxy groups -OCH3 is 1. The first-order chi connectivity index (χ1) is 12.3. The average Bonchev–Trinajstić information content (AvgIpc) is 3.02. The largest absolute Gasteiger partial charge is 0.481 e. The first-order valence-corrected chi connectivity index (χ1v) is 8.93. The molecule has 1 N–H and O–H groups in total. The van der Waals surface area contributed by atoms with E-state index in [9.17, 15) is 27.5 Å². The first-order valence-electron chi connectivity index (χ1n) is 7.49. The van der Waals surface area contributed by atoms with Gasteiger partial charge in [-0.25, -0.2) is 17.6 Å². The van der Waals surface area contributed by atoms with Gasteiger partial charge in [-0.05, 0) is 29.8 Å². The van der Waals surface area contributed by atoms with Crippen LogP contribution in [-0.2, 0) is 19.6 Å². The monoisotopic (exact) mass is 379 g/mol. The van der Waals surface area contributed by atoms with Crippen LogP contribution in [0.4, 0.5) is 10.1 Å². The number of carboxylic acid groups (broad SMARTS) is 1. The summed E-state index contributed by atoms with van der Waals surface area (Å²) >= 11 is 0. The first kappa shape index (κ1) is 17.9. The number of nitrogens with zero attached hydrogens (tertiary/aromatic N) is 1. The number of carbonyl (C=O) groups is 2. The van der Waals surface area contributed by atoms with Crippen LogP contribution in [0.2, 0.25) is 0 Å². The Morgan fingerprint density at radius 2 is 1.92 bits per heavy atom. The molecule has 7 nitrogen and oxygen atoms in total. The van der Waals surface area contributed by atoms with Gasteiger partial charge in [-0.2, -0.15) is 0 Å². The van der Waals surface area contributed by atoms with E-state index in [2.05, 4.69) is 4.74 Å². The molecular formula is C17H14FNO6S. The predicted octanol–water partition coefficient (Wildman–Crippen LogP) is 1.99. The maximum Gasteiger partial charge on any atom is 0.337 e. The van der Waals surface area contributed by atoms with Gasteiger partial charge in [0.2, 0.25) is 0 Å². The third-order valence-corrected chi connectivity index (χ3v) is 5.94. The molecule has 2 aromatic rings.